The third kappa shape index (κ3) is 11.5. The molecule has 2 heterocycles. The van der Waals surface area contributed by atoms with Crippen LogP contribution in [0.4, 0.5) is 0 Å². The van der Waals surface area contributed by atoms with E-state index in [4.69, 9.17) is 61.6 Å². The van der Waals surface area contributed by atoms with Gasteiger partial charge in [0.25, 0.3) is 0 Å². The molecular formula is C54H74N2O15+2. The number of carbonyl (C=O) groups is 2. The van der Waals surface area contributed by atoms with E-state index in [-0.39, 0.29) is 38.1 Å². The molecule has 0 amide bonds. The van der Waals surface area contributed by atoms with E-state index in [1.165, 1.54) is 0 Å². The minimum Gasteiger partial charge on any atom is -0.493 e. The number of esters is 2. The van der Waals surface area contributed by atoms with Gasteiger partial charge in [-0.15, -0.1) is 0 Å². The summed E-state index contributed by atoms with van der Waals surface area (Å²) in [6.45, 7) is 3.38. The van der Waals surface area contributed by atoms with Crippen LogP contribution in [-0.2, 0) is 38.3 Å². The number of rotatable bonds is 25. The molecule has 17 heteroatoms. The first kappa shape index (κ1) is 53.9. The second-order valence-corrected chi connectivity index (χ2v) is 18.2. The summed E-state index contributed by atoms with van der Waals surface area (Å²) in [7, 11) is 22.1. The quantitative estimate of drug-likeness (QED) is 0.0365. The Hall–Kier alpha value is -6.46. The number of carbonyl (C=O) groups excluding carboxylic acids is 2. The second-order valence-electron chi connectivity index (χ2n) is 18.2. The molecule has 2 aliphatic heterocycles. The number of likely N-dealkylation sites (N-methyl/N-ethyl adjacent to an activating group) is 2. The summed E-state index contributed by atoms with van der Waals surface area (Å²) in [6.07, 6.45) is 3.17. The maximum absolute atomic E-state index is 13.0. The molecule has 0 aromatic heterocycles. The van der Waals surface area contributed by atoms with Gasteiger partial charge in [-0.05, 0) is 59.2 Å². The van der Waals surface area contributed by atoms with Gasteiger partial charge in [-0.1, -0.05) is 0 Å². The first-order chi connectivity index (χ1) is 34.2. The number of hydrogen-bond donors (Lipinski definition) is 0. The fraction of sp³-hybridized carbons (Fsp3) is 0.519. The SMILES string of the molecule is COc1cc2c(cc1OC)C(c1cc(OC)c(OC)c(OC)c1)[N+](C)(CCCOC(=O)CCC(=O)OCCC[N+]1(C)CCc3cc(OC)c(OC)c(OC)c3C1Cc1cc(OC)c(OC)c(OC)c1)CC2. The molecule has 0 radical (unpaired) electrons. The second kappa shape index (κ2) is 24.1. The van der Waals surface area contributed by atoms with Crippen molar-refractivity contribution >= 4 is 11.9 Å². The largest absolute Gasteiger partial charge is 0.493 e. The molecule has 0 N–H and O–H groups in total. The Kier molecular flexibility index (Phi) is 18.3. The van der Waals surface area contributed by atoms with E-state index in [2.05, 4.69) is 26.2 Å². The van der Waals surface area contributed by atoms with Gasteiger partial charge in [-0.2, -0.15) is 0 Å². The maximum atomic E-state index is 13.0. The first-order valence-corrected chi connectivity index (χ1v) is 23.9. The molecule has 4 atom stereocenters. The summed E-state index contributed by atoms with van der Waals surface area (Å²) in [5, 5.41) is 0. The highest BCUT2D eigenvalue weighted by Crippen LogP contribution is 2.52. The molecule has 4 unspecified atom stereocenters. The van der Waals surface area contributed by atoms with Crippen molar-refractivity contribution in [2.24, 2.45) is 0 Å². The van der Waals surface area contributed by atoms with Crippen molar-refractivity contribution in [3.8, 4) is 63.2 Å². The van der Waals surface area contributed by atoms with E-state index >= 15 is 0 Å². The minimum atomic E-state index is -0.452. The normalized spacial score (nSPS) is 19.0. The van der Waals surface area contributed by atoms with E-state index in [1.807, 2.05) is 30.3 Å². The van der Waals surface area contributed by atoms with E-state index in [0.29, 0.717) is 105 Å². The number of benzene rings is 4. The lowest BCUT2D eigenvalue weighted by atomic mass is 9.85. The summed E-state index contributed by atoms with van der Waals surface area (Å²) in [4.78, 5) is 26.1. The Bertz CT molecular complexity index is 2450. The minimum absolute atomic E-state index is 0.0828. The number of quaternary nitrogens is 2. The number of ether oxygens (including phenoxy) is 13. The molecule has 0 spiro atoms. The molecule has 0 saturated carbocycles. The summed E-state index contributed by atoms with van der Waals surface area (Å²) >= 11 is 0. The van der Waals surface area contributed by atoms with Crippen LogP contribution < -0.4 is 52.1 Å². The topological polar surface area (TPSA) is 154 Å². The van der Waals surface area contributed by atoms with Crippen LogP contribution in [-0.4, -0.2) is 153 Å². The summed E-state index contributed by atoms with van der Waals surface area (Å²) < 4.78 is 76.0. The Morgan fingerprint density at radius 2 is 0.901 bits per heavy atom. The van der Waals surface area contributed by atoms with E-state index in [0.717, 1.165) is 59.3 Å². The van der Waals surface area contributed by atoms with Crippen molar-refractivity contribution in [1.82, 2.24) is 0 Å². The third-order valence-corrected chi connectivity index (χ3v) is 14.2. The Balaban J connectivity index is 1.08. The van der Waals surface area contributed by atoms with Gasteiger partial charge in [0.05, 0.1) is 150 Å². The molecule has 0 aliphatic carbocycles. The van der Waals surface area contributed by atoms with Gasteiger partial charge >= 0.3 is 11.9 Å². The van der Waals surface area contributed by atoms with Crippen molar-refractivity contribution < 1.29 is 80.1 Å². The zero-order valence-electron chi connectivity index (χ0n) is 43.9. The highest BCUT2D eigenvalue weighted by molar-refractivity contribution is 5.77. The zero-order valence-corrected chi connectivity index (χ0v) is 43.9. The van der Waals surface area contributed by atoms with E-state index < -0.39 is 11.9 Å². The number of hydrogen-bond acceptors (Lipinski definition) is 15. The van der Waals surface area contributed by atoms with Crippen LogP contribution in [0.3, 0.4) is 0 Å². The van der Waals surface area contributed by atoms with Gasteiger partial charge < -0.3 is 70.5 Å². The Morgan fingerprint density at radius 3 is 1.39 bits per heavy atom. The lowest BCUT2D eigenvalue weighted by Crippen LogP contribution is -2.52. The summed E-state index contributed by atoms with van der Waals surface area (Å²) in [6, 6.07) is 13.8. The molecule has 6 rings (SSSR count). The Morgan fingerprint density at radius 1 is 0.479 bits per heavy atom. The fourth-order valence-electron chi connectivity index (χ4n) is 10.6. The predicted molar refractivity (Wildman–Crippen MR) is 266 cm³/mol. The lowest BCUT2D eigenvalue weighted by Gasteiger charge is -2.46. The molecule has 0 saturated heterocycles. The zero-order chi connectivity index (χ0) is 51.5. The van der Waals surface area contributed by atoms with Gasteiger partial charge in [0.1, 0.15) is 12.1 Å². The number of fused-ring (bicyclic) bond motifs is 2. The van der Waals surface area contributed by atoms with Crippen molar-refractivity contribution in [2.75, 3.05) is 132 Å². The first-order valence-electron chi connectivity index (χ1n) is 23.9. The molecule has 0 bridgehead atoms. The lowest BCUT2D eigenvalue weighted by molar-refractivity contribution is -0.941. The van der Waals surface area contributed by atoms with Crippen molar-refractivity contribution in [2.45, 2.75) is 57.0 Å². The van der Waals surface area contributed by atoms with Gasteiger partial charge in [0.15, 0.2) is 46.0 Å². The highest BCUT2D eigenvalue weighted by Gasteiger charge is 2.44. The smallest absolute Gasteiger partial charge is 0.306 e. The maximum Gasteiger partial charge on any atom is 0.306 e. The van der Waals surface area contributed by atoms with E-state index in [9.17, 15) is 9.59 Å². The average Bonchev–Trinajstić information content (AvgIpc) is 3.39. The van der Waals surface area contributed by atoms with Crippen LogP contribution in [0.2, 0.25) is 0 Å². The molecule has 388 valence electrons. The summed E-state index contributed by atoms with van der Waals surface area (Å²) in [5.74, 6) is 5.41. The van der Waals surface area contributed by atoms with Crippen LogP contribution in [0.1, 0.15) is 71.1 Å². The van der Waals surface area contributed by atoms with Crippen LogP contribution in [0, 0.1) is 0 Å². The predicted octanol–water partition coefficient (Wildman–Crippen LogP) is 7.51. The molecule has 4 aromatic rings. The molecule has 4 aromatic carbocycles. The van der Waals surface area contributed by atoms with Crippen molar-refractivity contribution in [3.63, 3.8) is 0 Å². The summed E-state index contributed by atoms with van der Waals surface area (Å²) in [5.41, 5.74) is 6.34. The van der Waals surface area contributed by atoms with Crippen molar-refractivity contribution in [3.05, 3.63) is 75.8 Å². The van der Waals surface area contributed by atoms with Gasteiger partial charge in [0, 0.05) is 43.2 Å². The van der Waals surface area contributed by atoms with Crippen LogP contribution in [0.25, 0.3) is 0 Å². The van der Waals surface area contributed by atoms with Crippen LogP contribution >= 0.6 is 0 Å². The standard InChI is InChI=1S/C54H74N2O15/c1-55(22-19-36-30-46(65-9)53(68-12)54(69-13)49(36)39(55)26-34-27-42(61-5)51(66-10)43(28-34)62-6)20-14-24-70-47(57)16-17-48(58)71-25-15-21-56(2)23-18-35-29-40(59-3)41(60-4)33-38(35)50(56)37-31-44(63-7)52(67-11)45(32-37)64-8/h27-33,39,50H,14-26H2,1-13H3/q+2. The average molecular weight is 991 g/mol. The molecule has 2 aliphatic rings. The number of nitrogens with zero attached hydrogens (tertiary/aromatic N) is 2. The molecule has 17 nitrogen and oxygen atoms in total. The Labute approximate surface area is 418 Å². The molecule has 71 heavy (non-hydrogen) atoms. The molecular weight excluding hydrogens is 917 g/mol. The monoisotopic (exact) mass is 991 g/mol. The molecule has 0 fully saturated rings. The highest BCUT2D eigenvalue weighted by atomic mass is 16.6. The fourth-order valence-corrected chi connectivity index (χ4v) is 10.6. The van der Waals surface area contributed by atoms with Crippen LogP contribution in [0.15, 0.2) is 42.5 Å². The van der Waals surface area contributed by atoms with E-state index in [1.54, 1.807) is 78.2 Å². The van der Waals surface area contributed by atoms with Crippen LogP contribution in [0.5, 0.6) is 63.2 Å². The third-order valence-electron chi connectivity index (χ3n) is 14.2. The van der Waals surface area contributed by atoms with Gasteiger partial charge in [-0.25, -0.2) is 0 Å². The van der Waals surface area contributed by atoms with Gasteiger partial charge in [-0.3, -0.25) is 9.59 Å². The van der Waals surface area contributed by atoms with Gasteiger partial charge in [0.2, 0.25) is 17.2 Å². The number of methoxy groups -OCH3 is 11. The van der Waals surface area contributed by atoms with Crippen molar-refractivity contribution in [1.29, 1.82) is 0 Å².